The molecule has 4 nitrogen and oxygen atoms in total. The Hall–Kier alpha value is -1.81. The van der Waals surface area contributed by atoms with Crippen LogP contribution in [0.15, 0.2) is 18.2 Å². The van der Waals surface area contributed by atoms with E-state index < -0.39 is 5.97 Å². The average molecular weight is 305 g/mol. The van der Waals surface area contributed by atoms with Crippen LogP contribution in [0.3, 0.4) is 0 Å². The van der Waals surface area contributed by atoms with Crippen LogP contribution in [0.4, 0.5) is 5.69 Å². The summed E-state index contributed by atoms with van der Waals surface area (Å²) in [5.41, 5.74) is 3.89. The molecule has 2 heterocycles. The predicted octanol–water partition coefficient (Wildman–Crippen LogP) is 3.42. The fourth-order valence-corrected chi connectivity index (χ4v) is 3.23. The number of fused-ring (bicyclic) bond motifs is 1. The molecule has 1 saturated heterocycles. The number of rotatable bonds is 2. The van der Waals surface area contributed by atoms with Crippen LogP contribution in [0.2, 0.25) is 5.02 Å². The monoisotopic (exact) mass is 304 g/mol. The van der Waals surface area contributed by atoms with Gasteiger partial charge in [-0.3, -0.25) is 9.78 Å². The lowest BCUT2D eigenvalue weighted by Gasteiger charge is -2.24. The van der Waals surface area contributed by atoms with E-state index in [1.807, 2.05) is 32.0 Å². The molecular weight excluding hydrogens is 288 g/mol. The molecule has 1 aliphatic heterocycles. The predicted molar refractivity (Wildman–Crippen MR) is 84.2 cm³/mol. The summed E-state index contributed by atoms with van der Waals surface area (Å²) < 4.78 is 0. The van der Waals surface area contributed by atoms with E-state index in [-0.39, 0.29) is 5.92 Å². The van der Waals surface area contributed by atoms with Gasteiger partial charge in [-0.2, -0.15) is 0 Å². The summed E-state index contributed by atoms with van der Waals surface area (Å²) in [7, 11) is 0. The molecule has 0 amide bonds. The minimum Gasteiger partial charge on any atom is -0.481 e. The van der Waals surface area contributed by atoms with Gasteiger partial charge in [0, 0.05) is 24.2 Å². The van der Waals surface area contributed by atoms with E-state index in [1.165, 1.54) is 0 Å². The van der Waals surface area contributed by atoms with E-state index in [1.54, 1.807) is 0 Å². The van der Waals surface area contributed by atoms with Gasteiger partial charge in [-0.05, 0) is 31.9 Å². The highest BCUT2D eigenvalue weighted by Gasteiger charge is 2.30. The van der Waals surface area contributed by atoms with Crippen molar-refractivity contribution in [3.05, 3.63) is 34.5 Å². The van der Waals surface area contributed by atoms with Crippen molar-refractivity contribution < 1.29 is 9.90 Å². The SMILES string of the molecule is Cc1nc2c(Cl)cccc2c(N2CCC(C(=O)O)C2)c1C. The molecule has 1 fully saturated rings. The van der Waals surface area contributed by atoms with Gasteiger partial charge in [0.05, 0.1) is 22.1 Å². The molecule has 3 rings (SSSR count). The molecule has 0 spiro atoms. The van der Waals surface area contributed by atoms with Gasteiger partial charge < -0.3 is 10.0 Å². The van der Waals surface area contributed by atoms with Crippen molar-refractivity contribution in [2.45, 2.75) is 20.3 Å². The third kappa shape index (κ3) is 2.33. The fraction of sp³-hybridized carbons (Fsp3) is 0.375. The van der Waals surface area contributed by atoms with Crippen LogP contribution in [0, 0.1) is 19.8 Å². The maximum Gasteiger partial charge on any atom is 0.308 e. The maximum atomic E-state index is 11.2. The molecular formula is C16H17ClN2O2. The third-order valence-electron chi connectivity index (χ3n) is 4.27. The Labute approximate surface area is 128 Å². The van der Waals surface area contributed by atoms with Crippen LogP contribution in [0.25, 0.3) is 10.9 Å². The number of carbonyl (C=O) groups is 1. The van der Waals surface area contributed by atoms with E-state index in [0.29, 0.717) is 18.0 Å². The number of benzene rings is 1. The van der Waals surface area contributed by atoms with Gasteiger partial charge in [-0.25, -0.2) is 0 Å². The van der Waals surface area contributed by atoms with Crippen molar-refractivity contribution in [2.24, 2.45) is 5.92 Å². The van der Waals surface area contributed by atoms with Crippen LogP contribution in [-0.4, -0.2) is 29.1 Å². The Kier molecular flexibility index (Phi) is 3.49. The topological polar surface area (TPSA) is 53.4 Å². The van der Waals surface area contributed by atoms with Crippen molar-refractivity contribution >= 4 is 34.2 Å². The van der Waals surface area contributed by atoms with Crippen LogP contribution in [0.1, 0.15) is 17.7 Å². The molecule has 1 atom stereocenters. The summed E-state index contributed by atoms with van der Waals surface area (Å²) in [5, 5.41) is 10.8. The molecule has 0 saturated carbocycles. The first-order valence-electron chi connectivity index (χ1n) is 7.02. The molecule has 1 aromatic heterocycles. The van der Waals surface area contributed by atoms with Gasteiger partial charge in [0.2, 0.25) is 0 Å². The number of aliphatic carboxylic acids is 1. The first-order chi connectivity index (χ1) is 9.99. The van der Waals surface area contributed by atoms with Gasteiger partial charge in [0.15, 0.2) is 0 Å². The largest absolute Gasteiger partial charge is 0.481 e. The van der Waals surface area contributed by atoms with Gasteiger partial charge >= 0.3 is 5.97 Å². The third-order valence-corrected chi connectivity index (χ3v) is 4.58. The summed E-state index contributed by atoms with van der Waals surface area (Å²) in [6.07, 6.45) is 0.679. The molecule has 1 aromatic carbocycles. The minimum atomic E-state index is -0.719. The summed E-state index contributed by atoms with van der Waals surface area (Å²) in [6, 6.07) is 5.75. The second-order valence-corrected chi connectivity index (χ2v) is 5.98. The molecule has 1 aliphatic rings. The zero-order valence-electron chi connectivity index (χ0n) is 12.1. The summed E-state index contributed by atoms with van der Waals surface area (Å²) >= 11 is 6.26. The summed E-state index contributed by atoms with van der Waals surface area (Å²) in [5.74, 6) is -1.02. The first kappa shape index (κ1) is 14.1. The highest BCUT2D eigenvalue weighted by Crippen LogP contribution is 2.36. The molecule has 1 unspecified atom stereocenters. The van der Waals surface area contributed by atoms with E-state index in [4.69, 9.17) is 11.6 Å². The number of pyridine rings is 1. The van der Waals surface area contributed by atoms with Crippen LogP contribution < -0.4 is 4.90 Å². The van der Waals surface area contributed by atoms with Crippen molar-refractivity contribution in [2.75, 3.05) is 18.0 Å². The summed E-state index contributed by atoms with van der Waals surface area (Å²) in [4.78, 5) is 17.9. The Balaban J connectivity index is 2.16. The standard InChI is InChI=1S/C16H17ClN2O2/c1-9-10(2)18-14-12(4-3-5-13(14)17)15(9)19-7-6-11(8-19)16(20)21/h3-5,11H,6-8H2,1-2H3,(H,20,21). The maximum absolute atomic E-state index is 11.2. The summed E-state index contributed by atoms with van der Waals surface area (Å²) in [6.45, 7) is 5.29. The van der Waals surface area contributed by atoms with E-state index >= 15 is 0 Å². The van der Waals surface area contributed by atoms with E-state index in [2.05, 4.69) is 9.88 Å². The highest BCUT2D eigenvalue weighted by atomic mass is 35.5. The second kappa shape index (κ2) is 5.19. The molecule has 0 aliphatic carbocycles. The number of aryl methyl sites for hydroxylation is 1. The molecule has 110 valence electrons. The van der Waals surface area contributed by atoms with Crippen LogP contribution in [-0.2, 0) is 4.79 Å². The van der Waals surface area contributed by atoms with Crippen molar-refractivity contribution in [3.63, 3.8) is 0 Å². The number of halogens is 1. The van der Waals surface area contributed by atoms with Gasteiger partial charge in [0.1, 0.15) is 0 Å². The first-order valence-corrected chi connectivity index (χ1v) is 7.40. The van der Waals surface area contributed by atoms with Crippen molar-refractivity contribution in [1.29, 1.82) is 0 Å². The molecule has 21 heavy (non-hydrogen) atoms. The number of anilines is 1. The Morgan fingerprint density at radius 1 is 1.43 bits per heavy atom. The van der Waals surface area contributed by atoms with Crippen LogP contribution >= 0.6 is 11.6 Å². The van der Waals surface area contributed by atoms with Gasteiger partial charge in [-0.1, -0.05) is 23.7 Å². The zero-order chi connectivity index (χ0) is 15.1. The average Bonchev–Trinajstić information content (AvgIpc) is 2.91. The number of carboxylic acid groups (broad SMARTS) is 1. The lowest BCUT2D eigenvalue weighted by Crippen LogP contribution is -2.24. The molecule has 2 aromatic rings. The highest BCUT2D eigenvalue weighted by molar-refractivity contribution is 6.35. The quantitative estimate of drug-likeness (QED) is 0.923. The number of carboxylic acids is 1. The minimum absolute atomic E-state index is 0.299. The molecule has 0 radical (unpaired) electrons. The van der Waals surface area contributed by atoms with Crippen molar-refractivity contribution in [3.8, 4) is 0 Å². The molecule has 0 bridgehead atoms. The number of hydrogen-bond acceptors (Lipinski definition) is 3. The Bertz CT molecular complexity index is 730. The van der Waals surface area contributed by atoms with Crippen LogP contribution in [0.5, 0.6) is 0 Å². The Morgan fingerprint density at radius 3 is 2.86 bits per heavy atom. The lowest BCUT2D eigenvalue weighted by molar-refractivity contribution is -0.140. The van der Waals surface area contributed by atoms with Gasteiger partial charge in [-0.15, -0.1) is 0 Å². The number of hydrogen-bond donors (Lipinski definition) is 1. The molecule has 5 heteroatoms. The second-order valence-electron chi connectivity index (χ2n) is 5.58. The van der Waals surface area contributed by atoms with Crippen molar-refractivity contribution in [1.82, 2.24) is 4.98 Å². The van der Waals surface area contributed by atoms with E-state index in [9.17, 15) is 9.90 Å². The normalized spacial score (nSPS) is 18.4. The van der Waals surface area contributed by atoms with E-state index in [0.717, 1.165) is 34.4 Å². The number of aromatic nitrogens is 1. The number of para-hydroxylation sites is 1. The zero-order valence-corrected chi connectivity index (χ0v) is 12.8. The smallest absolute Gasteiger partial charge is 0.308 e. The number of nitrogens with zero attached hydrogens (tertiary/aromatic N) is 2. The Morgan fingerprint density at radius 2 is 2.19 bits per heavy atom. The van der Waals surface area contributed by atoms with Gasteiger partial charge in [0.25, 0.3) is 0 Å². The molecule has 1 N–H and O–H groups in total. The fourth-order valence-electron chi connectivity index (χ4n) is 3.02. The lowest BCUT2D eigenvalue weighted by atomic mass is 10.1.